The summed E-state index contributed by atoms with van der Waals surface area (Å²) < 4.78 is 21.8. The Morgan fingerprint density at radius 2 is 1.56 bits per heavy atom. The Kier molecular flexibility index (Phi) is 3.36. The van der Waals surface area contributed by atoms with Crippen molar-refractivity contribution in [3.63, 3.8) is 0 Å². The fourth-order valence-corrected chi connectivity index (χ4v) is 1.20. The zero-order chi connectivity index (χ0) is 7.49. The summed E-state index contributed by atoms with van der Waals surface area (Å²) >= 11 is 0. The van der Waals surface area contributed by atoms with E-state index in [1.165, 1.54) is 18.9 Å². The van der Waals surface area contributed by atoms with Gasteiger partial charge in [-0.3, -0.25) is 9.05 Å². The molecule has 0 amide bonds. The Bertz CT molecular complexity index is 117. The van der Waals surface area contributed by atoms with E-state index in [4.69, 9.17) is 0 Å². The van der Waals surface area contributed by atoms with Crippen molar-refractivity contribution >= 4 is 7.75 Å². The van der Waals surface area contributed by atoms with Gasteiger partial charge in [0.15, 0.2) is 0 Å². The number of hydrogen-bond acceptors (Lipinski definition) is 3. The molecule has 0 rings (SSSR count). The van der Waals surface area contributed by atoms with Crippen LogP contribution in [0.1, 0.15) is 0 Å². The second-order valence-electron chi connectivity index (χ2n) is 1.68. The second kappa shape index (κ2) is 3.32. The summed E-state index contributed by atoms with van der Waals surface area (Å²) in [5.74, 6) is 0. The Hall–Kier alpha value is 0.110. The Morgan fingerprint density at radius 3 is 1.56 bits per heavy atom. The molecule has 0 spiro atoms. The SMILES string of the molecule is COP(=O)(OC)N(C)C. The van der Waals surface area contributed by atoms with Crippen LogP contribution in [0.15, 0.2) is 0 Å². The van der Waals surface area contributed by atoms with Crippen molar-refractivity contribution in [3.8, 4) is 0 Å². The fraction of sp³-hybridized carbons (Fsp3) is 1.00. The molecule has 0 unspecified atom stereocenters. The average molecular weight is 153 g/mol. The molecule has 0 aromatic heterocycles. The van der Waals surface area contributed by atoms with Crippen LogP contribution < -0.4 is 0 Å². The molecule has 9 heavy (non-hydrogen) atoms. The minimum atomic E-state index is -2.92. The normalized spacial score (nSPS) is 12.6. The van der Waals surface area contributed by atoms with Gasteiger partial charge in [0.25, 0.3) is 0 Å². The van der Waals surface area contributed by atoms with Gasteiger partial charge in [-0.2, -0.15) is 0 Å². The van der Waals surface area contributed by atoms with E-state index in [2.05, 4.69) is 9.05 Å². The van der Waals surface area contributed by atoms with Crippen LogP contribution in [0.2, 0.25) is 0 Å². The lowest BCUT2D eigenvalue weighted by Crippen LogP contribution is -2.10. The second-order valence-corrected chi connectivity index (χ2v) is 4.15. The van der Waals surface area contributed by atoms with Gasteiger partial charge in [-0.25, -0.2) is 9.24 Å². The third-order valence-electron chi connectivity index (χ3n) is 0.951. The highest BCUT2D eigenvalue weighted by Gasteiger charge is 2.23. The standard InChI is InChI=1S/C4H12NO3P/c1-5(2)9(6,7-3)8-4/h1-4H3. The first kappa shape index (κ1) is 9.11. The van der Waals surface area contributed by atoms with Gasteiger partial charge in [0.05, 0.1) is 0 Å². The molecule has 0 saturated heterocycles. The van der Waals surface area contributed by atoms with Crippen LogP contribution in [0.3, 0.4) is 0 Å². The number of rotatable bonds is 3. The molecular formula is C4H12NO3P. The third kappa shape index (κ3) is 2.06. The summed E-state index contributed by atoms with van der Waals surface area (Å²) in [4.78, 5) is 0. The molecule has 4 nitrogen and oxygen atoms in total. The Balaban J connectivity index is 4.11. The van der Waals surface area contributed by atoms with E-state index in [1.54, 1.807) is 14.1 Å². The molecular weight excluding hydrogens is 141 g/mol. The van der Waals surface area contributed by atoms with Gasteiger partial charge in [-0.05, 0) is 14.1 Å². The molecule has 0 aliphatic carbocycles. The molecule has 0 aliphatic heterocycles. The number of hydrogen-bond donors (Lipinski definition) is 0. The maximum atomic E-state index is 11.1. The smallest absolute Gasteiger partial charge is 0.300 e. The van der Waals surface area contributed by atoms with Crippen molar-refractivity contribution in [2.75, 3.05) is 28.3 Å². The van der Waals surface area contributed by atoms with E-state index in [0.29, 0.717) is 0 Å². The number of nitrogens with zero attached hydrogens (tertiary/aromatic N) is 1. The first-order valence-corrected chi connectivity index (χ1v) is 3.95. The van der Waals surface area contributed by atoms with Gasteiger partial charge in [-0.1, -0.05) is 0 Å². The molecule has 0 atom stereocenters. The average Bonchev–Trinajstić information content (AvgIpc) is 1.86. The van der Waals surface area contributed by atoms with Gasteiger partial charge in [0.1, 0.15) is 0 Å². The fourth-order valence-electron chi connectivity index (χ4n) is 0.401. The highest BCUT2D eigenvalue weighted by molar-refractivity contribution is 7.51. The van der Waals surface area contributed by atoms with Gasteiger partial charge in [-0.15, -0.1) is 0 Å². The lowest BCUT2D eigenvalue weighted by Gasteiger charge is -2.19. The molecule has 0 aliphatic rings. The summed E-state index contributed by atoms with van der Waals surface area (Å²) in [6.45, 7) is 0. The predicted octanol–water partition coefficient (Wildman–Crippen LogP) is 0.949. The molecule has 0 aromatic rings. The lowest BCUT2D eigenvalue weighted by molar-refractivity contribution is 0.232. The van der Waals surface area contributed by atoms with E-state index in [1.807, 2.05) is 0 Å². The molecule has 0 bridgehead atoms. The van der Waals surface area contributed by atoms with Crippen molar-refractivity contribution in [2.45, 2.75) is 0 Å². The zero-order valence-electron chi connectivity index (χ0n) is 6.12. The van der Waals surface area contributed by atoms with Crippen molar-refractivity contribution in [3.05, 3.63) is 0 Å². The van der Waals surface area contributed by atoms with E-state index in [0.717, 1.165) is 0 Å². The summed E-state index contributed by atoms with van der Waals surface area (Å²) in [6.07, 6.45) is 0. The van der Waals surface area contributed by atoms with Crippen molar-refractivity contribution < 1.29 is 13.6 Å². The summed E-state index contributed by atoms with van der Waals surface area (Å²) in [5.41, 5.74) is 0. The van der Waals surface area contributed by atoms with Crippen LogP contribution in [0.5, 0.6) is 0 Å². The molecule has 0 radical (unpaired) electrons. The third-order valence-corrected chi connectivity index (χ3v) is 2.85. The quantitative estimate of drug-likeness (QED) is 0.566. The van der Waals surface area contributed by atoms with E-state index in [-0.39, 0.29) is 0 Å². The molecule has 0 saturated carbocycles. The van der Waals surface area contributed by atoms with Gasteiger partial charge >= 0.3 is 7.75 Å². The minimum absolute atomic E-state index is 1.35. The van der Waals surface area contributed by atoms with Crippen LogP contribution in [0, 0.1) is 0 Å². The molecule has 0 aromatic carbocycles. The Labute approximate surface area is 55.3 Å². The monoisotopic (exact) mass is 153 g/mol. The molecule has 0 heterocycles. The van der Waals surface area contributed by atoms with Crippen LogP contribution >= 0.6 is 7.75 Å². The van der Waals surface area contributed by atoms with Crippen LogP contribution in [0.25, 0.3) is 0 Å². The van der Waals surface area contributed by atoms with Crippen molar-refractivity contribution in [2.24, 2.45) is 0 Å². The lowest BCUT2D eigenvalue weighted by atomic mass is 11.3. The predicted molar refractivity (Wildman–Crippen MR) is 35.3 cm³/mol. The van der Waals surface area contributed by atoms with Gasteiger partial charge < -0.3 is 0 Å². The largest absolute Gasteiger partial charge is 0.407 e. The first-order chi connectivity index (χ1) is 4.06. The molecule has 0 N–H and O–H groups in total. The molecule has 56 valence electrons. The van der Waals surface area contributed by atoms with E-state index >= 15 is 0 Å². The van der Waals surface area contributed by atoms with Crippen LogP contribution in [-0.4, -0.2) is 33.0 Å². The topological polar surface area (TPSA) is 38.8 Å². The maximum Gasteiger partial charge on any atom is 0.407 e. The molecule has 5 heteroatoms. The van der Waals surface area contributed by atoms with Crippen molar-refractivity contribution in [1.29, 1.82) is 0 Å². The molecule has 0 fully saturated rings. The van der Waals surface area contributed by atoms with Gasteiger partial charge in [0, 0.05) is 14.2 Å². The van der Waals surface area contributed by atoms with Crippen LogP contribution in [0.4, 0.5) is 0 Å². The zero-order valence-corrected chi connectivity index (χ0v) is 7.01. The highest BCUT2D eigenvalue weighted by Crippen LogP contribution is 2.47. The summed E-state index contributed by atoms with van der Waals surface area (Å²) in [6, 6.07) is 0. The maximum absolute atomic E-state index is 11.1. The summed E-state index contributed by atoms with van der Waals surface area (Å²) in [5, 5.41) is 0. The van der Waals surface area contributed by atoms with Crippen molar-refractivity contribution in [1.82, 2.24) is 4.67 Å². The van der Waals surface area contributed by atoms with Crippen LogP contribution in [-0.2, 0) is 13.6 Å². The Morgan fingerprint density at radius 1 is 1.22 bits per heavy atom. The van der Waals surface area contributed by atoms with Gasteiger partial charge in [0.2, 0.25) is 0 Å². The summed E-state index contributed by atoms with van der Waals surface area (Å²) in [7, 11) is 3.05. The first-order valence-electron chi connectivity index (χ1n) is 2.46. The van der Waals surface area contributed by atoms with E-state index in [9.17, 15) is 4.57 Å². The highest BCUT2D eigenvalue weighted by atomic mass is 31.2. The van der Waals surface area contributed by atoms with E-state index < -0.39 is 7.75 Å². The minimum Gasteiger partial charge on any atom is -0.300 e.